The van der Waals surface area contributed by atoms with Crippen molar-refractivity contribution in [2.45, 2.75) is 25.8 Å². The van der Waals surface area contributed by atoms with Crippen molar-refractivity contribution in [2.24, 2.45) is 0 Å². The Morgan fingerprint density at radius 2 is 2.12 bits per heavy atom. The van der Waals surface area contributed by atoms with Gasteiger partial charge in [-0.2, -0.15) is 5.10 Å². The Labute approximate surface area is 139 Å². The van der Waals surface area contributed by atoms with Gasteiger partial charge in [-0.3, -0.25) is 9.48 Å². The number of hydrogen-bond donors (Lipinski definition) is 2. The number of nitrogens with one attached hydrogen (secondary N) is 2. The van der Waals surface area contributed by atoms with E-state index in [2.05, 4.69) is 15.4 Å². The largest absolute Gasteiger partial charge is 0.381 e. The number of carbonyl (C=O) groups is 1. The molecule has 4 rings (SSSR count). The molecule has 0 unspecified atom stereocenters. The first-order valence-electron chi connectivity index (χ1n) is 8.23. The van der Waals surface area contributed by atoms with Crippen molar-refractivity contribution in [1.29, 1.82) is 0 Å². The highest BCUT2D eigenvalue weighted by Gasteiger charge is 2.23. The van der Waals surface area contributed by atoms with Crippen LogP contribution >= 0.6 is 0 Å². The zero-order chi connectivity index (χ0) is 16.5. The quantitative estimate of drug-likeness (QED) is 0.776. The molecule has 0 saturated carbocycles. The summed E-state index contributed by atoms with van der Waals surface area (Å²) in [5, 5.41) is 8.59. The van der Waals surface area contributed by atoms with Gasteiger partial charge in [-0.1, -0.05) is 0 Å². The van der Waals surface area contributed by atoms with Crippen LogP contribution in [0.3, 0.4) is 0 Å². The number of aryl methyl sites for hydroxylation is 1. The van der Waals surface area contributed by atoms with Crippen molar-refractivity contribution in [2.75, 3.05) is 18.5 Å². The number of aromatic nitrogens is 3. The van der Waals surface area contributed by atoms with Gasteiger partial charge in [-0.15, -0.1) is 0 Å². The molecule has 3 aromatic rings. The number of benzene rings is 1. The van der Waals surface area contributed by atoms with Crippen molar-refractivity contribution in [1.82, 2.24) is 14.8 Å². The van der Waals surface area contributed by atoms with Crippen molar-refractivity contribution >= 4 is 22.5 Å². The summed E-state index contributed by atoms with van der Waals surface area (Å²) in [6.45, 7) is 3.35. The average molecular weight is 324 g/mol. The number of ether oxygens (including phenoxy) is 1. The van der Waals surface area contributed by atoms with E-state index in [0.717, 1.165) is 48.3 Å². The minimum atomic E-state index is -0.128. The Balaban J connectivity index is 1.59. The van der Waals surface area contributed by atoms with Crippen LogP contribution in [0.15, 0.2) is 36.5 Å². The standard InChI is InChI=1S/C18H20N4O2/c1-12-10-17(22(21-12)15-5-8-24-9-6-15)18(23)20-14-2-3-16-13(11-14)4-7-19-16/h2-4,7,10-11,15,19H,5-6,8-9H2,1H3,(H,20,23). The Hall–Kier alpha value is -2.60. The molecular formula is C18H20N4O2. The third-order valence-electron chi connectivity index (χ3n) is 4.44. The van der Waals surface area contributed by atoms with Crippen LogP contribution in [0.2, 0.25) is 0 Å². The Morgan fingerprint density at radius 1 is 1.29 bits per heavy atom. The third-order valence-corrected chi connectivity index (χ3v) is 4.44. The smallest absolute Gasteiger partial charge is 0.273 e. The molecule has 124 valence electrons. The number of hydrogen-bond acceptors (Lipinski definition) is 3. The Bertz CT molecular complexity index is 874. The lowest BCUT2D eigenvalue weighted by molar-refractivity contribution is 0.0646. The summed E-state index contributed by atoms with van der Waals surface area (Å²) in [7, 11) is 0. The summed E-state index contributed by atoms with van der Waals surface area (Å²) in [6, 6.07) is 9.89. The van der Waals surface area contributed by atoms with Crippen molar-refractivity contribution in [3.05, 3.63) is 47.9 Å². The molecule has 3 heterocycles. The first-order valence-corrected chi connectivity index (χ1v) is 8.23. The summed E-state index contributed by atoms with van der Waals surface area (Å²) >= 11 is 0. The van der Waals surface area contributed by atoms with Gasteiger partial charge in [0, 0.05) is 36.0 Å². The average Bonchev–Trinajstić information content (AvgIpc) is 3.21. The molecule has 0 spiro atoms. The SMILES string of the molecule is Cc1cc(C(=O)Nc2ccc3[nH]ccc3c2)n(C2CCOCC2)n1. The fourth-order valence-electron chi connectivity index (χ4n) is 3.22. The number of amides is 1. The second-order valence-electron chi connectivity index (χ2n) is 6.19. The molecule has 6 nitrogen and oxygen atoms in total. The van der Waals surface area contributed by atoms with E-state index in [-0.39, 0.29) is 11.9 Å². The molecule has 1 fully saturated rings. The van der Waals surface area contributed by atoms with Crippen LogP contribution in [0.4, 0.5) is 5.69 Å². The number of aromatic amines is 1. The maximum atomic E-state index is 12.8. The van der Waals surface area contributed by atoms with Crippen molar-refractivity contribution < 1.29 is 9.53 Å². The van der Waals surface area contributed by atoms with Crippen molar-refractivity contribution in [3.8, 4) is 0 Å². The zero-order valence-corrected chi connectivity index (χ0v) is 13.6. The Morgan fingerprint density at radius 3 is 2.96 bits per heavy atom. The van der Waals surface area contributed by atoms with Gasteiger partial charge < -0.3 is 15.0 Å². The van der Waals surface area contributed by atoms with E-state index in [1.165, 1.54) is 0 Å². The molecule has 1 aromatic carbocycles. The van der Waals surface area contributed by atoms with E-state index in [9.17, 15) is 4.79 Å². The van der Waals surface area contributed by atoms with Gasteiger partial charge in [-0.05, 0) is 50.1 Å². The fraction of sp³-hybridized carbons (Fsp3) is 0.333. The number of carbonyl (C=O) groups excluding carboxylic acids is 1. The van der Waals surface area contributed by atoms with E-state index in [1.54, 1.807) is 0 Å². The summed E-state index contributed by atoms with van der Waals surface area (Å²) < 4.78 is 7.28. The molecular weight excluding hydrogens is 304 g/mol. The van der Waals surface area contributed by atoms with E-state index in [4.69, 9.17) is 4.74 Å². The maximum absolute atomic E-state index is 12.8. The molecule has 1 saturated heterocycles. The minimum Gasteiger partial charge on any atom is -0.381 e. The van der Waals surface area contributed by atoms with Crippen LogP contribution in [0.5, 0.6) is 0 Å². The van der Waals surface area contributed by atoms with E-state index < -0.39 is 0 Å². The van der Waals surface area contributed by atoms with E-state index in [1.807, 2.05) is 48.1 Å². The fourth-order valence-corrected chi connectivity index (χ4v) is 3.22. The number of H-pyrrole nitrogens is 1. The second kappa shape index (κ2) is 6.13. The summed E-state index contributed by atoms with van der Waals surface area (Å²) in [5.74, 6) is -0.128. The van der Waals surface area contributed by atoms with Gasteiger partial charge in [0.25, 0.3) is 5.91 Å². The molecule has 1 aliphatic heterocycles. The lowest BCUT2D eigenvalue weighted by atomic mass is 10.1. The number of fused-ring (bicyclic) bond motifs is 1. The summed E-state index contributed by atoms with van der Waals surface area (Å²) in [5.41, 5.74) is 3.29. The van der Waals surface area contributed by atoms with Gasteiger partial charge in [-0.25, -0.2) is 0 Å². The normalized spacial score (nSPS) is 15.7. The number of nitrogens with zero attached hydrogens (tertiary/aromatic N) is 2. The molecule has 0 atom stereocenters. The molecule has 0 aliphatic carbocycles. The van der Waals surface area contributed by atoms with Crippen LogP contribution in [-0.2, 0) is 4.74 Å². The molecule has 24 heavy (non-hydrogen) atoms. The molecule has 1 aliphatic rings. The monoisotopic (exact) mass is 324 g/mol. The summed E-state index contributed by atoms with van der Waals surface area (Å²) in [4.78, 5) is 15.9. The molecule has 0 radical (unpaired) electrons. The number of anilines is 1. The highest BCUT2D eigenvalue weighted by Crippen LogP contribution is 2.24. The van der Waals surface area contributed by atoms with Gasteiger partial charge in [0.1, 0.15) is 5.69 Å². The van der Waals surface area contributed by atoms with Crippen LogP contribution in [0.25, 0.3) is 10.9 Å². The molecule has 1 amide bonds. The predicted octanol–water partition coefficient (Wildman–Crippen LogP) is 3.28. The maximum Gasteiger partial charge on any atom is 0.273 e. The number of rotatable bonds is 3. The topological polar surface area (TPSA) is 71.9 Å². The highest BCUT2D eigenvalue weighted by molar-refractivity contribution is 6.04. The lowest BCUT2D eigenvalue weighted by Crippen LogP contribution is -2.25. The predicted molar refractivity (Wildman–Crippen MR) is 92.3 cm³/mol. The van der Waals surface area contributed by atoms with E-state index >= 15 is 0 Å². The molecule has 2 aromatic heterocycles. The third kappa shape index (κ3) is 2.80. The van der Waals surface area contributed by atoms with Crippen LogP contribution in [-0.4, -0.2) is 33.9 Å². The van der Waals surface area contributed by atoms with Crippen LogP contribution in [0.1, 0.15) is 35.1 Å². The van der Waals surface area contributed by atoms with Gasteiger partial charge in [0.2, 0.25) is 0 Å². The van der Waals surface area contributed by atoms with Crippen LogP contribution < -0.4 is 5.32 Å². The lowest BCUT2D eigenvalue weighted by Gasteiger charge is -2.24. The summed E-state index contributed by atoms with van der Waals surface area (Å²) in [6.07, 6.45) is 3.66. The molecule has 6 heteroatoms. The van der Waals surface area contributed by atoms with Gasteiger partial charge in [0.15, 0.2) is 0 Å². The van der Waals surface area contributed by atoms with Crippen molar-refractivity contribution in [3.63, 3.8) is 0 Å². The van der Waals surface area contributed by atoms with Crippen LogP contribution in [0, 0.1) is 6.92 Å². The Kier molecular flexibility index (Phi) is 3.82. The molecule has 2 N–H and O–H groups in total. The first kappa shape index (κ1) is 15.0. The molecule has 0 bridgehead atoms. The van der Waals surface area contributed by atoms with Gasteiger partial charge in [0.05, 0.1) is 11.7 Å². The minimum absolute atomic E-state index is 0.128. The second-order valence-corrected chi connectivity index (χ2v) is 6.19. The highest BCUT2D eigenvalue weighted by atomic mass is 16.5. The van der Waals surface area contributed by atoms with Gasteiger partial charge >= 0.3 is 0 Å². The zero-order valence-electron chi connectivity index (χ0n) is 13.6. The van der Waals surface area contributed by atoms with E-state index in [0.29, 0.717) is 5.69 Å². The first-order chi connectivity index (χ1) is 11.7.